The maximum absolute atomic E-state index is 12.6. The minimum atomic E-state index is 0.116. The highest BCUT2D eigenvalue weighted by molar-refractivity contribution is 7.07. The van der Waals surface area contributed by atoms with Gasteiger partial charge in [-0.15, -0.1) is 11.3 Å². The molecule has 0 atom stereocenters. The zero-order chi connectivity index (χ0) is 19.0. The summed E-state index contributed by atoms with van der Waals surface area (Å²) in [5.74, 6) is 0.116. The number of benzene rings is 1. The number of aromatic nitrogens is 1. The highest BCUT2D eigenvalue weighted by Crippen LogP contribution is 2.42. The fourth-order valence-corrected chi connectivity index (χ4v) is 5.73. The standard InChI is InChI=1S/C22H28N4OS/c27-21(20-13-28-17-23-20)25-11-8-22(14-25)15-26(16-22)19-6-9-24(10-7-19)12-18-4-2-1-3-5-18/h1-5,13,17,19H,6-12,14-16H2. The Morgan fingerprint density at radius 1 is 1.11 bits per heavy atom. The lowest BCUT2D eigenvalue weighted by molar-refractivity contribution is -0.0413. The summed E-state index contributed by atoms with van der Waals surface area (Å²) in [6, 6.07) is 11.5. The van der Waals surface area contributed by atoms with Crippen molar-refractivity contribution in [1.29, 1.82) is 0 Å². The number of hydrogen-bond donors (Lipinski definition) is 0. The minimum Gasteiger partial charge on any atom is -0.337 e. The van der Waals surface area contributed by atoms with Gasteiger partial charge in [0.15, 0.2) is 0 Å². The fraction of sp³-hybridized carbons (Fsp3) is 0.545. The van der Waals surface area contributed by atoms with Crippen LogP contribution in [0.5, 0.6) is 0 Å². The normalized spacial score (nSPS) is 23.2. The van der Waals surface area contributed by atoms with E-state index < -0.39 is 0 Å². The number of likely N-dealkylation sites (tertiary alicyclic amines) is 3. The molecule has 148 valence electrons. The highest BCUT2D eigenvalue weighted by Gasteiger charge is 2.50. The molecule has 1 aromatic heterocycles. The van der Waals surface area contributed by atoms with Gasteiger partial charge in [-0.1, -0.05) is 30.3 Å². The summed E-state index contributed by atoms with van der Waals surface area (Å²) < 4.78 is 0. The van der Waals surface area contributed by atoms with E-state index in [0.717, 1.165) is 45.2 Å². The van der Waals surface area contributed by atoms with Gasteiger partial charge < -0.3 is 4.90 Å². The monoisotopic (exact) mass is 396 g/mol. The number of carbonyl (C=O) groups is 1. The molecule has 1 spiro atoms. The number of thiazole rings is 1. The summed E-state index contributed by atoms with van der Waals surface area (Å²) in [5, 5.41) is 1.86. The van der Waals surface area contributed by atoms with E-state index >= 15 is 0 Å². The molecule has 5 nitrogen and oxygen atoms in total. The molecule has 3 aliphatic heterocycles. The molecule has 3 aliphatic rings. The van der Waals surface area contributed by atoms with Gasteiger partial charge in [0.1, 0.15) is 5.69 Å². The van der Waals surface area contributed by atoms with Crippen LogP contribution in [0, 0.1) is 5.41 Å². The molecule has 0 bridgehead atoms. The summed E-state index contributed by atoms with van der Waals surface area (Å²) in [4.78, 5) is 24.0. The summed E-state index contributed by atoms with van der Waals surface area (Å²) in [6.07, 6.45) is 3.68. The largest absolute Gasteiger partial charge is 0.337 e. The van der Waals surface area contributed by atoms with E-state index in [1.54, 1.807) is 5.51 Å². The SMILES string of the molecule is O=C(c1cscn1)N1CCC2(C1)CN(C1CCN(Cc3ccccc3)CC1)C2. The second-order valence-electron chi connectivity index (χ2n) is 8.75. The molecular formula is C22H28N4OS. The van der Waals surface area contributed by atoms with Gasteiger partial charge in [0, 0.05) is 49.6 Å². The summed E-state index contributed by atoms with van der Waals surface area (Å²) in [7, 11) is 0. The Morgan fingerprint density at radius 2 is 1.89 bits per heavy atom. The Labute approximate surface area is 171 Å². The third-order valence-corrected chi connectivity index (χ3v) is 7.36. The maximum Gasteiger partial charge on any atom is 0.273 e. The van der Waals surface area contributed by atoms with Gasteiger partial charge in [-0.25, -0.2) is 4.98 Å². The van der Waals surface area contributed by atoms with Crippen molar-refractivity contribution < 1.29 is 4.79 Å². The van der Waals surface area contributed by atoms with Gasteiger partial charge in [-0.05, 0) is 37.9 Å². The predicted molar refractivity (Wildman–Crippen MR) is 111 cm³/mol. The first-order chi connectivity index (χ1) is 13.7. The van der Waals surface area contributed by atoms with Crippen molar-refractivity contribution in [3.8, 4) is 0 Å². The van der Waals surface area contributed by atoms with Crippen LogP contribution in [-0.2, 0) is 6.54 Å². The Balaban J connectivity index is 1.09. The number of amides is 1. The number of piperidine rings is 1. The van der Waals surface area contributed by atoms with Crippen LogP contribution in [0.25, 0.3) is 0 Å². The zero-order valence-electron chi connectivity index (χ0n) is 16.3. The van der Waals surface area contributed by atoms with Gasteiger partial charge in [0.05, 0.1) is 5.51 Å². The molecule has 2 aromatic rings. The topological polar surface area (TPSA) is 39.7 Å². The number of nitrogens with zero attached hydrogens (tertiary/aromatic N) is 4. The first kappa shape index (κ1) is 18.3. The second-order valence-corrected chi connectivity index (χ2v) is 9.47. The third-order valence-electron chi connectivity index (χ3n) is 6.78. The summed E-state index contributed by atoms with van der Waals surface area (Å²) >= 11 is 1.50. The van der Waals surface area contributed by atoms with Crippen molar-refractivity contribution in [2.45, 2.75) is 31.8 Å². The number of carbonyl (C=O) groups excluding carboxylic acids is 1. The van der Waals surface area contributed by atoms with Crippen LogP contribution in [0.4, 0.5) is 0 Å². The van der Waals surface area contributed by atoms with Gasteiger partial charge in [-0.3, -0.25) is 14.6 Å². The second kappa shape index (κ2) is 7.58. The zero-order valence-corrected chi connectivity index (χ0v) is 17.1. The summed E-state index contributed by atoms with van der Waals surface area (Å²) in [6.45, 7) is 7.58. The van der Waals surface area contributed by atoms with Crippen LogP contribution in [0.1, 0.15) is 35.3 Å². The van der Waals surface area contributed by atoms with E-state index in [1.165, 1.54) is 42.8 Å². The van der Waals surface area contributed by atoms with Crippen molar-refractivity contribution in [2.75, 3.05) is 39.3 Å². The molecule has 28 heavy (non-hydrogen) atoms. The molecular weight excluding hydrogens is 368 g/mol. The van der Waals surface area contributed by atoms with Crippen LogP contribution in [0.15, 0.2) is 41.2 Å². The maximum atomic E-state index is 12.6. The van der Waals surface area contributed by atoms with Gasteiger partial charge in [0.2, 0.25) is 0 Å². The predicted octanol–water partition coefficient (Wildman–Crippen LogP) is 2.96. The fourth-order valence-electron chi connectivity index (χ4n) is 5.20. The lowest BCUT2D eigenvalue weighted by Crippen LogP contribution is -2.62. The van der Waals surface area contributed by atoms with E-state index in [1.807, 2.05) is 10.3 Å². The van der Waals surface area contributed by atoms with Crippen LogP contribution in [0.3, 0.4) is 0 Å². The summed E-state index contributed by atoms with van der Waals surface area (Å²) in [5.41, 5.74) is 4.12. The molecule has 3 saturated heterocycles. The molecule has 0 N–H and O–H groups in total. The van der Waals surface area contributed by atoms with Crippen LogP contribution in [0.2, 0.25) is 0 Å². The Kier molecular flexibility index (Phi) is 4.95. The quantitative estimate of drug-likeness (QED) is 0.797. The Hall–Kier alpha value is -1.76. The minimum absolute atomic E-state index is 0.116. The highest BCUT2D eigenvalue weighted by atomic mass is 32.1. The lowest BCUT2D eigenvalue weighted by Gasteiger charge is -2.53. The van der Waals surface area contributed by atoms with Gasteiger partial charge >= 0.3 is 0 Å². The smallest absolute Gasteiger partial charge is 0.273 e. The molecule has 0 radical (unpaired) electrons. The average molecular weight is 397 g/mol. The third kappa shape index (κ3) is 3.61. The first-order valence-electron chi connectivity index (χ1n) is 10.4. The van der Waals surface area contributed by atoms with Gasteiger partial charge in [-0.2, -0.15) is 0 Å². The van der Waals surface area contributed by atoms with Crippen LogP contribution >= 0.6 is 11.3 Å². The Bertz CT molecular complexity index is 795. The van der Waals surface area contributed by atoms with Crippen molar-refractivity contribution in [1.82, 2.24) is 19.7 Å². The molecule has 6 heteroatoms. The van der Waals surface area contributed by atoms with Gasteiger partial charge in [0.25, 0.3) is 5.91 Å². The van der Waals surface area contributed by atoms with E-state index in [2.05, 4.69) is 45.1 Å². The van der Waals surface area contributed by atoms with Crippen molar-refractivity contribution >= 4 is 17.2 Å². The lowest BCUT2D eigenvalue weighted by atomic mass is 9.77. The molecule has 0 unspecified atom stereocenters. The molecule has 0 aliphatic carbocycles. The molecule has 1 amide bonds. The van der Waals surface area contributed by atoms with Crippen LogP contribution < -0.4 is 0 Å². The molecule has 0 saturated carbocycles. The van der Waals surface area contributed by atoms with E-state index in [9.17, 15) is 4.79 Å². The van der Waals surface area contributed by atoms with Crippen molar-refractivity contribution in [2.24, 2.45) is 5.41 Å². The molecule has 3 fully saturated rings. The van der Waals surface area contributed by atoms with E-state index in [0.29, 0.717) is 11.1 Å². The van der Waals surface area contributed by atoms with Crippen molar-refractivity contribution in [3.05, 3.63) is 52.5 Å². The average Bonchev–Trinajstić information content (AvgIpc) is 3.38. The van der Waals surface area contributed by atoms with Crippen molar-refractivity contribution in [3.63, 3.8) is 0 Å². The number of rotatable bonds is 4. The Morgan fingerprint density at radius 3 is 2.61 bits per heavy atom. The first-order valence-corrected chi connectivity index (χ1v) is 11.3. The molecule has 4 heterocycles. The van der Waals surface area contributed by atoms with E-state index in [-0.39, 0.29) is 5.91 Å². The molecule has 5 rings (SSSR count). The van der Waals surface area contributed by atoms with Crippen LogP contribution in [-0.4, -0.2) is 70.9 Å². The number of hydrogen-bond acceptors (Lipinski definition) is 5. The molecule has 1 aromatic carbocycles. The van der Waals surface area contributed by atoms with E-state index in [4.69, 9.17) is 0 Å².